The van der Waals surface area contributed by atoms with E-state index in [0.717, 1.165) is 37.2 Å². The van der Waals surface area contributed by atoms with Gasteiger partial charge in [-0.1, -0.05) is 12.1 Å². The normalized spacial score (nSPS) is 22.3. The molecule has 8 heteroatoms. The number of hydrogen-bond donors (Lipinski definition) is 1. The molecule has 1 saturated carbocycles. The molecule has 1 saturated heterocycles. The number of piperazine rings is 1. The fraction of sp³-hybridized carbons (Fsp3) is 0.500. The quantitative estimate of drug-likeness (QED) is 0.483. The maximum absolute atomic E-state index is 8.85. The van der Waals surface area contributed by atoms with Gasteiger partial charge in [0.05, 0.1) is 4.70 Å². The maximum Gasteiger partial charge on any atom is 0.205 e. The summed E-state index contributed by atoms with van der Waals surface area (Å²) in [6.07, 6.45) is 6.33. The van der Waals surface area contributed by atoms with Crippen LogP contribution in [0.2, 0.25) is 0 Å². The highest BCUT2D eigenvalue weighted by Gasteiger charge is 2.24. The third kappa shape index (κ3) is 5.12. The van der Waals surface area contributed by atoms with Crippen LogP contribution in [0.1, 0.15) is 37.9 Å². The van der Waals surface area contributed by atoms with Crippen LogP contribution in [0.5, 0.6) is 0 Å². The fourth-order valence-corrected chi connectivity index (χ4v) is 6.38. The van der Waals surface area contributed by atoms with Crippen LogP contribution in [0.4, 0.5) is 5.82 Å². The van der Waals surface area contributed by atoms with Crippen LogP contribution >= 0.6 is 23.5 Å². The zero-order chi connectivity index (χ0) is 21.8. The summed E-state index contributed by atoms with van der Waals surface area (Å²) in [5, 5.41) is 10.9. The van der Waals surface area contributed by atoms with Gasteiger partial charge in [0.15, 0.2) is 5.09 Å². The Morgan fingerprint density at radius 1 is 1.09 bits per heavy atom. The molecule has 168 valence electrons. The average Bonchev–Trinajstić information content (AvgIpc) is 3.49. The number of hydrogen-bond acceptors (Lipinski definition) is 8. The van der Waals surface area contributed by atoms with E-state index in [9.17, 15) is 0 Å². The summed E-state index contributed by atoms with van der Waals surface area (Å²) in [6.45, 7) is 5.62. The van der Waals surface area contributed by atoms with Gasteiger partial charge < -0.3 is 9.32 Å². The van der Waals surface area contributed by atoms with Crippen molar-refractivity contribution in [1.29, 1.82) is 5.26 Å². The highest BCUT2D eigenvalue weighted by Crippen LogP contribution is 2.31. The van der Waals surface area contributed by atoms with E-state index in [1.165, 1.54) is 66.5 Å². The summed E-state index contributed by atoms with van der Waals surface area (Å²) in [5.41, 5.74) is 0. The molecule has 3 aromatic rings. The van der Waals surface area contributed by atoms with E-state index < -0.39 is 0 Å². The van der Waals surface area contributed by atoms with Gasteiger partial charge in [0.25, 0.3) is 0 Å². The number of nitrogens with zero attached hydrogens (tertiary/aromatic N) is 4. The van der Waals surface area contributed by atoms with Crippen molar-refractivity contribution >= 4 is 39.4 Å². The Kier molecular flexibility index (Phi) is 6.98. The molecular formula is C24H29N5OS2. The molecule has 1 aromatic carbocycles. The number of benzene rings is 1. The van der Waals surface area contributed by atoms with Crippen molar-refractivity contribution in [1.82, 2.24) is 14.0 Å². The SMILES string of the molecule is N#Cc1ccc(SNC2CCC(CCN3CCN(c4nsc5ccccc45)CC3)CC2)o1. The van der Waals surface area contributed by atoms with E-state index in [1.54, 1.807) is 17.6 Å². The first-order valence-corrected chi connectivity index (χ1v) is 13.1. The van der Waals surface area contributed by atoms with Crippen LogP contribution in [-0.4, -0.2) is 48.0 Å². The number of nitriles is 1. The summed E-state index contributed by atoms with van der Waals surface area (Å²) in [5.74, 6) is 2.39. The highest BCUT2D eigenvalue weighted by atomic mass is 32.2. The predicted molar refractivity (Wildman–Crippen MR) is 131 cm³/mol. The largest absolute Gasteiger partial charge is 0.438 e. The van der Waals surface area contributed by atoms with E-state index in [-0.39, 0.29) is 0 Å². The van der Waals surface area contributed by atoms with Gasteiger partial charge >= 0.3 is 0 Å². The molecule has 6 nitrogen and oxygen atoms in total. The number of aromatic nitrogens is 1. The average molecular weight is 468 g/mol. The molecule has 0 atom stereocenters. The van der Waals surface area contributed by atoms with Crippen molar-refractivity contribution in [3.8, 4) is 6.07 Å². The molecule has 3 heterocycles. The smallest absolute Gasteiger partial charge is 0.205 e. The van der Waals surface area contributed by atoms with Gasteiger partial charge in [-0.15, -0.1) is 0 Å². The lowest BCUT2D eigenvalue weighted by atomic mass is 9.84. The van der Waals surface area contributed by atoms with E-state index in [2.05, 4.69) is 38.8 Å². The summed E-state index contributed by atoms with van der Waals surface area (Å²) >= 11 is 3.13. The molecular weight excluding hydrogens is 438 g/mol. The molecule has 0 amide bonds. The van der Waals surface area contributed by atoms with Crippen LogP contribution in [0.15, 0.2) is 45.9 Å². The third-order valence-electron chi connectivity index (χ3n) is 6.75. The van der Waals surface area contributed by atoms with Gasteiger partial charge in [-0.05, 0) is 92.3 Å². The minimum atomic E-state index is 0.374. The summed E-state index contributed by atoms with van der Waals surface area (Å²) in [4.78, 5) is 5.09. The minimum absolute atomic E-state index is 0.374. The standard InChI is InChI=1S/C24H29N5OS2/c25-17-20-9-10-23(30-20)32-26-19-7-5-18(6-8-19)11-12-28-13-15-29(16-14-28)24-21-3-1-2-4-22(21)31-27-24/h1-4,9-10,18-19,26H,5-8,11-16H2. The zero-order valence-corrected chi connectivity index (χ0v) is 19.8. The maximum atomic E-state index is 8.85. The molecule has 2 fully saturated rings. The second kappa shape index (κ2) is 10.3. The topological polar surface area (TPSA) is 68.3 Å². The Morgan fingerprint density at radius 2 is 1.91 bits per heavy atom. The second-order valence-corrected chi connectivity index (χ2v) is 10.4. The Labute approximate surface area is 197 Å². The summed E-state index contributed by atoms with van der Waals surface area (Å²) in [7, 11) is 0. The molecule has 0 spiro atoms. The van der Waals surface area contributed by atoms with E-state index in [0.29, 0.717) is 11.8 Å². The number of fused-ring (bicyclic) bond motifs is 1. The van der Waals surface area contributed by atoms with Crippen molar-refractivity contribution in [2.24, 2.45) is 5.92 Å². The Bertz CT molecular complexity index is 1060. The van der Waals surface area contributed by atoms with Crippen molar-refractivity contribution in [3.05, 3.63) is 42.2 Å². The van der Waals surface area contributed by atoms with Gasteiger partial charge in [0, 0.05) is 37.6 Å². The molecule has 2 aromatic heterocycles. The minimum Gasteiger partial charge on any atom is -0.438 e. The molecule has 0 bridgehead atoms. The lowest BCUT2D eigenvalue weighted by Crippen LogP contribution is -2.47. The molecule has 1 aliphatic heterocycles. The monoisotopic (exact) mass is 467 g/mol. The Hall–Kier alpha value is -2.05. The van der Waals surface area contributed by atoms with E-state index in [4.69, 9.17) is 14.1 Å². The number of rotatable bonds is 7. The van der Waals surface area contributed by atoms with Gasteiger partial charge in [0.1, 0.15) is 11.9 Å². The second-order valence-electron chi connectivity index (χ2n) is 8.79. The lowest BCUT2D eigenvalue weighted by molar-refractivity contribution is 0.215. The van der Waals surface area contributed by atoms with Crippen molar-refractivity contribution in [2.45, 2.75) is 43.2 Å². The van der Waals surface area contributed by atoms with Crippen LogP contribution in [0, 0.1) is 17.2 Å². The van der Waals surface area contributed by atoms with E-state index in [1.807, 2.05) is 12.1 Å². The Balaban J connectivity index is 1.01. The number of anilines is 1. The first-order valence-electron chi connectivity index (χ1n) is 11.5. The number of nitrogens with one attached hydrogen (secondary N) is 1. The Morgan fingerprint density at radius 3 is 2.69 bits per heavy atom. The van der Waals surface area contributed by atoms with Crippen molar-refractivity contribution in [3.63, 3.8) is 0 Å². The van der Waals surface area contributed by atoms with Gasteiger partial charge in [-0.2, -0.15) is 9.64 Å². The van der Waals surface area contributed by atoms with Crippen LogP contribution < -0.4 is 9.62 Å². The molecule has 1 aliphatic carbocycles. The van der Waals surface area contributed by atoms with Crippen LogP contribution in [0.3, 0.4) is 0 Å². The van der Waals surface area contributed by atoms with Gasteiger partial charge in [-0.25, -0.2) is 0 Å². The number of furan rings is 1. The first-order chi connectivity index (χ1) is 15.8. The van der Waals surface area contributed by atoms with Crippen molar-refractivity contribution in [2.75, 3.05) is 37.6 Å². The molecule has 1 N–H and O–H groups in total. The van der Waals surface area contributed by atoms with Gasteiger partial charge in [0.2, 0.25) is 5.76 Å². The first kappa shape index (κ1) is 21.8. The van der Waals surface area contributed by atoms with Crippen LogP contribution in [0.25, 0.3) is 10.1 Å². The summed E-state index contributed by atoms with van der Waals surface area (Å²) < 4.78 is 15.0. The van der Waals surface area contributed by atoms with Crippen molar-refractivity contribution < 1.29 is 4.42 Å². The van der Waals surface area contributed by atoms with Crippen LogP contribution in [-0.2, 0) is 0 Å². The fourth-order valence-electron chi connectivity index (χ4n) is 4.79. The molecule has 2 aliphatic rings. The van der Waals surface area contributed by atoms with Gasteiger partial charge in [-0.3, -0.25) is 9.62 Å². The predicted octanol–water partition coefficient (Wildman–Crippen LogP) is 5.13. The third-order valence-corrected chi connectivity index (χ3v) is 8.44. The molecule has 32 heavy (non-hydrogen) atoms. The zero-order valence-electron chi connectivity index (χ0n) is 18.2. The van der Waals surface area contributed by atoms with E-state index >= 15 is 0 Å². The summed E-state index contributed by atoms with van der Waals surface area (Å²) in [6, 6.07) is 14.7. The molecule has 0 unspecified atom stereocenters. The highest BCUT2D eigenvalue weighted by molar-refractivity contribution is 7.97. The molecule has 5 rings (SSSR count). The molecule has 0 radical (unpaired) electrons. The lowest BCUT2D eigenvalue weighted by Gasteiger charge is -2.36.